The van der Waals surface area contributed by atoms with E-state index >= 15 is 0 Å². The second-order valence-corrected chi connectivity index (χ2v) is 8.32. The zero-order chi connectivity index (χ0) is 19.3. The number of carbonyl (C=O) groups is 2. The molecule has 2 aliphatic carbocycles. The first-order valence-corrected chi connectivity index (χ1v) is 10.4. The molecule has 0 aromatic heterocycles. The van der Waals surface area contributed by atoms with Crippen LogP contribution in [0.5, 0.6) is 0 Å². The molecule has 5 heteroatoms. The van der Waals surface area contributed by atoms with Gasteiger partial charge in [-0.15, -0.1) is 0 Å². The second kappa shape index (κ2) is 8.87. The van der Waals surface area contributed by atoms with Gasteiger partial charge in [-0.05, 0) is 55.7 Å². The van der Waals surface area contributed by atoms with Crippen molar-refractivity contribution in [1.29, 1.82) is 0 Å². The number of hydrogen-bond donors (Lipinski definition) is 3. The molecule has 3 rings (SSSR count). The molecule has 2 aliphatic rings. The zero-order valence-electron chi connectivity index (χ0n) is 16.1. The fourth-order valence-electron chi connectivity index (χ4n) is 4.85. The first kappa shape index (κ1) is 19.9. The fourth-order valence-corrected chi connectivity index (χ4v) is 4.85. The van der Waals surface area contributed by atoms with Crippen LogP contribution >= 0.6 is 0 Å². The number of nitrogens with one attached hydrogen (secondary N) is 1. The molecule has 1 aromatic rings. The highest BCUT2D eigenvalue weighted by atomic mass is 16.4. The van der Waals surface area contributed by atoms with Crippen LogP contribution in [0.4, 0.5) is 0 Å². The summed E-state index contributed by atoms with van der Waals surface area (Å²) in [6.45, 7) is 0.452. The van der Waals surface area contributed by atoms with Crippen molar-refractivity contribution in [3.8, 4) is 0 Å². The molecule has 2 saturated carbocycles. The molecule has 0 saturated heterocycles. The van der Waals surface area contributed by atoms with Gasteiger partial charge in [-0.25, -0.2) is 4.79 Å². The van der Waals surface area contributed by atoms with Crippen LogP contribution < -0.4 is 11.1 Å². The minimum atomic E-state index is -0.982. The Morgan fingerprint density at radius 3 is 2.30 bits per heavy atom. The van der Waals surface area contributed by atoms with Crippen LogP contribution in [0.15, 0.2) is 24.3 Å². The van der Waals surface area contributed by atoms with Gasteiger partial charge >= 0.3 is 5.97 Å². The average Bonchev–Trinajstić information content (AvgIpc) is 3.34. The highest BCUT2D eigenvalue weighted by Crippen LogP contribution is 2.41. The smallest absolute Gasteiger partial charge is 0.326 e. The average molecular weight is 373 g/mol. The van der Waals surface area contributed by atoms with Crippen molar-refractivity contribution in [3.63, 3.8) is 0 Å². The molecule has 0 heterocycles. The van der Waals surface area contributed by atoms with E-state index in [1.165, 1.54) is 31.2 Å². The Labute approximate surface area is 161 Å². The van der Waals surface area contributed by atoms with Crippen molar-refractivity contribution < 1.29 is 14.7 Å². The number of carboxylic acid groups (broad SMARTS) is 1. The van der Waals surface area contributed by atoms with Gasteiger partial charge in [-0.2, -0.15) is 0 Å². The van der Waals surface area contributed by atoms with Gasteiger partial charge in [0.15, 0.2) is 0 Å². The van der Waals surface area contributed by atoms with E-state index < -0.39 is 17.4 Å². The van der Waals surface area contributed by atoms with E-state index in [1.54, 1.807) is 0 Å². The normalized spacial score (nSPS) is 20.5. The van der Waals surface area contributed by atoms with Crippen LogP contribution in [0.3, 0.4) is 0 Å². The highest BCUT2D eigenvalue weighted by molar-refractivity contribution is 5.87. The summed E-state index contributed by atoms with van der Waals surface area (Å²) in [4.78, 5) is 24.6. The predicted molar refractivity (Wildman–Crippen MR) is 105 cm³/mol. The Kier molecular flexibility index (Phi) is 6.53. The van der Waals surface area contributed by atoms with Gasteiger partial charge in [-0.3, -0.25) is 4.79 Å². The van der Waals surface area contributed by atoms with Gasteiger partial charge in [0.25, 0.3) is 0 Å². The Hall–Kier alpha value is -1.88. The predicted octanol–water partition coefficient (Wildman–Crippen LogP) is 3.37. The fraction of sp³-hybridized carbons (Fsp3) is 0.636. The SMILES string of the molecule is NCCC1(C(=O)N[C@@H](Cc2ccc(C3CCCC3)cc2)C(=O)O)CCCC1. The minimum Gasteiger partial charge on any atom is -0.480 e. The van der Waals surface area contributed by atoms with Crippen molar-refractivity contribution in [3.05, 3.63) is 35.4 Å². The molecular weight excluding hydrogens is 340 g/mol. The van der Waals surface area contributed by atoms with Gasteiger partial charge in [0.2, 0.25) is 5.91 Å². The number of nitrogens with two attached hydrogens (primary N) is 1. The van der Waals surface area contributed by atoms with E-state index in [0.29, 0.717) is 25.3 Å². The summed E-state index contributed by atoms with van der Waals surface area (Å²) in [6, 6.07) is 7.38. The summed E-state index contributed by atoms with van der Waals surface area (Å²) in [5, 5.41) is 12.4. The largest absolute Gasteiger partial charge is 0.480 e. The minimum absolute atomic E-state index is 0.138. The van der Waals surface area contributed by atoms with Crippen molar-refractivity contribution in [2.45, 2.75) is 76.2 Å². The molecule has 5 nitrogen and oxygen atoms in total. The molecule has 0 unspecified atom stereocenters. The quantitative estimate of drug-likeness (QED) is 0.652. The maximum atomic E-state index is 12.9. The molecule has 0 aliphatic heterocycles. The van der Waals surface area contributed by atoms with E-state index in [1.807, 2.05) is 12.1 Å². The number of benzene rings is 1. The third-order valence-electron chi connectivity index (χ3n) is 6.51. The van der Waals surface area contributed by atoms with Crippen LogP contribution in [-0.2, 0) is 16.0 Å². The van der Waals surface area contributed by atoms with Gasteiger partial charge in [0, 0.05) is 6.42 Å². The van der Waals surface area contributed by atoms with Crippen LogP contribution in [0, 0.1) is 5.41 Å². The summed E-state index contributed by atoms with van der Waals surface area (Å²) in [5.41, 5.74) is 7.53. The lowest BCUT2D eigenvalue weighted by atomic mass is 9.81. The monoisotopic (exact) mass is 372 g/mol. The molecule has 4 N–H and O–H groups in total. The Morgan fingerprint density at radius 1 is 1.11 bits per heavy atom. The lowest BCUT2D eigenvalue weighted by Crippen LogP contribution is -2.49. The number of amides is 1. The highest BCUT2D eigenvalue weighted by Gasteiger charge is 2.41. The van der Waals surface area contributed by atoms with Gasteiger partial charge in [0.1, 0.15) is 6.04 Å². The maximum absolute atomic E-state index is 12.9. The van der Waals surface area contributed by atoms with Gasteiger partial charge in [-0.1, -0.05) is 49.9 Å². The van der Waals surface area contributed by atoms with Crippen molar-refractivity contribution >= 4 is 11.9 Å². The topological polar surface area (TPSA) is 92.4 Å². The number of carboxylic acids is 1. The maximum Gasteiger partial charge on any atom is 0.326 e. The van der Waals surface area contributed by atoms with Gasteiger partial charge < -0.3 is 16.2 Å². The van der Waals surface area contributed by atoms with Crippen molar-refractivity contribution in [2.24, 2.45) is 11.1 Å². The summed E-state index contributed by atoms with van der Waals surface area (Å²) >= 11 is 0. The molecule has 27 heavy (non-hydrogen) atoms. The van der Waals surface area contributed by atoms with Gasteiger partial charge in [0.05, 0.1) is 5.41 Å². The van der Waals surface area contributed by atoms with Crippen LogP contribution in [0.2, 0.25) is 0 Å². The lowest BCUT2D eigenvalue weighted by molar-refractivity contribution is -0.144. The number of aliphatic carboxylic acids is 1. The molecule has 1 amide bonds. The third-order valence-corrected chi connectivity index (χ3v) is 6.51. The first-order valence-electron chi connectivity index (χ1n) is 10.4. The second-order valence-electron chi connectivity index (χ2n) is 8.32. The van der Waals surface area contributed by atoms with E-state index in [-0.39, 0.29) is 5.91 Å². The van der Waals surface area contributed by atoms with E-state index in [4.69, 9.17) is 5.73 Å². The summed E-state index contributed by atoms with van der Waals surface area (Å²) in [5.74, 6) is -0.475. The summed E-state index contributed by atoms with van der Waals surface area (Å²) in [7, 11) is 0. The van der Waals surface area contributed by atoms with Crippen LogP contribution in [-0.4, -0.2) is 29.6 Å². The van der Waals surface area contributed by atoms with E-state index in [2.05, 4.69) is 17.4 Å². The standard InChI is InChI=1S/C22H32N2O3/c23-14-13-22(11-3-4-12-22)21(27)24-19(20(25)26)15-16-7-9-18(10-8-16)17-5-1-2-6-17/h7-10,17,19H,1-6,11-15,23H2,(H,24,27)(H,25,26)/t19-/m0/s1. The molecule has 1 aromatic carbocycles. The molecule has 148 valence electrons. The molecule has 1 atom stereocenters. The molecule has 0 radical (unpaired) electrons. The zero-order valence-corrected chi connectivity index (χ0v) is 16.1. The molecule has 2 fully saturated rings. The van der Waals surface area contributed by atoms with Crippen molar-refractivity contribution in [1.82, 2.24) is 5.32 Å². The first-order chi connectivity index (χ1) is 13.0. The number of carbonyl (C=O) groups excluding carboxylic acids is 1. The molecular formula is C22H32N2O3. The van der Waals surface area contributed by atoms with Crippen LogP contribution in [0.25, 0.3) is 0 Å². The summed E-state index contributed by atoms with van der Waals surface area (Å²) < 4.78 is 0. The van der Waals surface area contributed by atoms with E-state index in [9.17, 15) is 14.7 Å². The van der Waals surface area contributed by atoms with Crippen LogP contribution in [0.1, 0.15) is 74.8 Å². The van der Waals surface area contributed by atoms with E-state index in [0.717, 1.165) is 31.2 Å². The lowest BCUT2D eigenvalue weighted by Gasteiger charge is -2.29. The summed E-state index contributed by atoms with van der Waals surface area (Å²) in [6.07, 6.45) is 9.64. The Morgan fingerprint density at radius 2 is 1.74 bits per heavy atom. The third kappa shape index (κ3) is 4.70. The number of hydrogen-bond acceptors (Lipinski definition) is 3. The molecule has 0 spiro atoms. The van der Waals surface area contributed by atoms with Crippen molar-refractivity contribution in [2.75, 3.05) is 6.54 Å². The Bertz CT molecular complexity index is 644. The number of rotatable bonds is 8. The Balaban J connectivity index is 1.65. The molecule has 0 bridgehead atoms.